The summed E-state index contributed by atoms with van der Waals surface area (Å²) in [5.41, 5.74) is 1.77. The highest BCUT2D eigenvalue weighted by Gasteiger charge is 2.25. The van der Waals surface area contributed by atoms with Gasteiger partial charge in [-0.1, -0.05) is 30.3 Å². The lowest BCUT2D eigenvalue weighted by Gasteiger charge is -2.31. The number of hydrogen-bond acceptors (Lipinski definition) is 4. The molecule has 1 atom stereocenters. The van der Waals surface area contributed by atoms with Gasteiger partial charge in [-0.3, -0.25) is 14.8 Å². The van der Waals surface area contributed by atoms with Crippen molar-refractivity contribution in [1.29, 1.82) is 0 Å². The van der Waals surface area contributed by atoms with Gasteiger partial charge in [0, 0.05) is 25.0 Å². The van der Waals surface area contributed by atoms with Crippen LogP contribution in [0.5, 0.6) is 0 Å². The Morgan fingerprint density at radius 3 is 2.91 bits per heavy atom. The van der Waals surface area contributed by atoms with Crippen LogP contribution >= 0.6 is 0 Å². The first-order chi connectivity index (χ1) is 10.8. The van der Waals surface area contributed by atoms with E-state index in [0.717, 1.165) is 11.3 Å². The van der Waals surface area contributed by atoms with E-state index in [2.05, 4.69) is 9.97 Å². The first kappa shape index (κ1) is 14.4. The molecule has 3 rings (SSSR count). The number of amides is 1. The Kier molecular flexibility index (Phi) is 4.56. The SMILES string of the molecule is O=C(/C=C/c1ccccc1)N1CCO[C@H](c2cnccn2)C1. The standard InChI is InChI=1S/C17H17N3O2/c21-17(7-6-14-4-2-1-3-5-14)20-10-11-22-16(13-20)15-12-18-8-9-19-15/h1-9,12,16H,10-11,13H2/b7-6+/t16-/m0/s1. The monoisotopic (exact) mass is 295 g/mol. The summed E-state index contributed by atoms with van der Waals surface area (Å²) < 4.78 is 5.69. The number of hydrogen-bond donors (Lipinski definition) is 0. The molecule has 1 saturated heterocycles. The number of ether oxygens (including phenoxy) is 1. The van der Waals surface area contributed by atoms with Gasteiger partial charge in [0.1, 0.15) is 6.10 Å². The Morgan fingerprint density at radius 2 is 2.14 bits per heavy atom. The van der Waals surface area contributed by atoms with Crippen LogP contribution < -0.4 is 0 Å². The van der Waals surface area contributed by atoms with Crippen molar-refractivity contribution in [3.63, 3.8) is 0 Å². The molecule has 1 amide bonds. The van der Waals surface area contributed by atoms with Gasteiger partial charge in [-0.25, -0.2) is 0 Å². The van der Waals surface area contributed by atoms with Crippen molar-refractivity contribution in [1.82, 2.24) is 14.9 Å². The third-order valence-corrected chi connectivity index (χ3v) is 3.51. The molecule has 0 spiro atoms. The molecule has 112 valence electrons. The molecule has 1 aliphatic rings. The maximum absolute atomic E-state index is 12.3. The molecule has 5 nitrogen and oxygen atoms in total. The number of carbonyl (C=O) groups excluding carboxylic acids is 1. The first-order valence-electron chi connectivity index (χ1n) is 7.22. The molecule has 0 N–H and O–H groups in total. The molecule has 0 unspecified atom stereocenters. The van der Waals surface area contributed by atoms with E-state index in [-0.39, 0.29) is 12.0 Å². The molecular formula is C17H17N3O2. The smallest absolute Gasteiger partial charge is 0.246 e. The van der Waals surface area contributed by atoms with Crippen molar-refractivity contribution in [2.24, 2.45) is 0 Å². The van der Waals surface area contributed by atoms with Crippen LogP contribution in [-0.4, -0.2) is 40.5 Å². The van der Waals surface area contributed by atoms with Crippen molar-refractivity contribution < 1.29 is 9.53 Å². The molecule has 1 aliphatic heterocycles. The highest BCUT2D eigenvalue weighted by molar-refractivity contribution is 5.91. The zero-order valence-corrected chi connectivity index (χ0v) is 12.1. The molecule has 5 heteroatoms. The van der Waals surface area contributed by atoms with Crippen LogP contribution in [-0.2, 0) is 9.53 Å². The molecule has 0 saturated carbocycles. The molecular weight excluding hydrogens is 278 g/mol. The molecule has 1 fully saturated rings. The topological polar surface area (TPSA) is 55.3 Å². The number of nitrogens with zero attached hydrogens (tertiary/aromatic N) is 3. The summed E-state index contributed by atoms with van der Waals surface area (Å²) in [5, 5.41) is 0. The van der Waals surface area contributed by atoms with Crippen molar-refractivity contribution in [3.05, 3.63) is 66.3 Å². The van der Waals surface area contributed by atoms with E-state index in [9.17, 15) is 4.79 Å². The van der Waals surface area contributed by atoms with Gasteiger partial charge in [-0.05, 0) is 11.6 Å². The van der Waals surface area contributed by atoms with E-state index in [4.69, 9.17) is 4.74 Å². The summed E-state index contributed by atoms with van der Waals surface area (Å²) in [6.45, 7) is 1.59. The van der Waals surface area contributed by atoms with Crippen molar-refractivity contribution in [2.45, 2.75) is 6.10 Å². The highest BCUT2D eigenvalue weighted by atomic mass is 16.5. The summed E-state index contributed by atoms with van der Waals surface area (Å²) in [7, 11) is 0. The van der Waals surface area contributed by atoms with E-state index in [1.54, 1.807) is 29.6 Å². The van der Waals surface area contributed by atoms with Gasteiger partial charge in [-0.15, -0.1) is 0 Å². The van der Waals surface area contributed by atoms with E-state index >= 15 is 0 Å². The van der Waals surface area contributed by atoms with Gasteiger partial charge in [0.2, 0.25) is 5.91 Å². The molecule has 0 bridgehead atoms. The van der Waals surface area contributed by atoms with Gasteiger partial charge in [-0.2, -0.15) is 0 Å². The third kappa shape index (κ3) is 3.56. The van der Waals surface area contributed by atoms with Crippen LogP contribution in [0, 0.1) is 0 Å². The minimum absolute atomic E-state index is 0.0129. The minimum Gasteiger partial charge on any atom is -0.368 e. The Hall–Kier alpha value is -2.53. The van der Waals surface area contributed by atoms with Crippen molar-refractivity contribution in [2.75, 3.05) is 19.7 Å². The molecule has 2 aromatic rings. The quantitative estimate of drug-likeness (QED) is 0.814. The molecule has 1 aromatic carbocycles. The van der Waals surface area contributed by atoms with Gasteiger partial charge in [0.25, 0.3) is 0 Å². The van der Waals surface area contributed by atoms with Gasteiger partial charge in [0.15, 0.2) is 0 Å². The third-order valence-electron chi connectivity index (χ3n) is 3.51. The maximum Gasteiger partial charge on any atom is 0.246 e. The molecule has 1 aromatic heterocycles. The lowest BCUT2D eigenvalue weighted by molar-refractivity contribution is -0.133. The summed E-state index contributed by atoms with van der Waals surface area (Å²) in [6.07, 6.45) is 8.16. The van der Waals surface area contributed by atoms with Crippen LogP contribution in [0.15, 0.2) is 55.0 Å². The number of carbonyl (C=O) groups is 1. The zero-order chi connectivity index (χ0) is 15.2. The number of aromatic nitrogens is 2. The van der Waals surface area contributed by atoms with Gasteiger partial charge >= 0.3 is 0 Å². The Balaban J connectivity index is 1.64. The second kappa shape index (κ2) is 6.95. The molecule has 22 heavy (non-hydrogen) atoms. The van der Waals surface area contributed by atoms with Gasteiger partial charge in [0.05, 0.1) is 25.0 Å². The Morgan fingerprint density at radius 1 is 1.27 bits per heavy atom. The van der Waals surface area contributed by atoms with Crippen LogP contribution in [0.2, 0.25) is 0 Å². The first-order valence-corrected chi connectivity index (χ1v) is 7.22. The largest absolute Gasteiger partial charge is 0.368 e. The molecule has 0 aliphatic carbocycles. The fourth-order valence-corrected chi connectivity index (χ4v) is 2.34. The average molecular weight is 295 g/mol. The fourth-order valence-electron chi connectivity index (χ4n) is 2.34. The van der Waals surface area contributed by atoms with Gasteiger partial charge < -0.3 is 9.64 Å². The normalized spacial score (nSPS) is 18.5. The lowest BCUT2D eigenvalue weighted by atomic mass is 10.2. The predicted molar refractivity (Wildman–Crippen MR) is 82.8 cm³/mol. The fraction of sp³-hybridized carbons (Fsp3) is 0.235. The summed E-state index contributed by atoms with van der Waals surface area (Å²) in [6, 6.07) is 9.77. The minimum atomic E-state index is -0.212. The van der Waals surface area contributed by atoms with E-state index in [0.29, 0.717) is 19.7 Å². The second-order valence-electron chi connectivity index (χ2n) is 5.02. The summed E-state index contributed by atoms with van der Waals surface area (Å²) in [5.74, 6) is -0.0129. The Labute approximate surface area is 129 Å². The van der Waals surface area contributed by atoms with Crippen molar-refractivity contribution >= 4 is 12.0 Å². The lowest BCUT2D eigenvalue weighted by Crippen LogP contribution is -2.41. The molecule has 0 radical (unpaired) electrons. The Bertz CT molecular complexity index is 643. The van der Waals surface area contributed by atoms with Crippen LogP contribution in [0.25, 0.3) is 6.08 Å². The van der Waals surface area contributed by atoms with Crippen LogP contribution in [0.1, 0.15) is 17.4 Å². The summed E-state index contributed by atoms with van der Waals surface area (Å²) >= 11 is 0. The number of rotatable bonds is 3. The average Bonchev–Trinajstić information content (AvgIpc) is 2.61. The number of benzene rings is 1. The van der Waals surface area contributed by atoms with Crippen molar-refractivity contribution in [3.8, 4) is 0 Å². The van der Waals surface area contributed by atoms with Crippen LogP contribution in [0.3, 0.4) is 0 Å². The zero-order valence-electron chi connectivity index (χ0n) is 12.1. The number of morpholine rings is 1. The van der Waals surface area contributed by atoms with E-state index in [1.807, 2.05) is 36.4 Å². The molecule has 2 heterocycles. The summed E-state index contributed by atoms with van der Waals surface area (Å²) in [4.78, 5) is 22.4. The van der Waals surface area contributed by atoms with E-state index in [1.165, 1.54) is 0 Å². The maximum atomic E-state index is 12.3. The van der Waals surface area contributed by atoms with E-state index < -0.39 is 0 Å². The predicted octanol–water partition coefficient (Wildman–Crippen LogP) is 2.09. The second-order valence-corrected chi connectivity index (χ2v) is 5.02. The highest BCUT2D eigenvalue weighted by Crippen LogP contribution is 2.19. The van der Waals surface area contributed by atoms with Crippen LogP contribution in [0.4, 0.5) is 0 Å².